The van der Waals surface area contributed by atoms with Crippen molar-refractivity contribution in [2.24, 2.45) is 5.73 Å². The van der Waals surface area contributed by atoms with Crippen molar-refractivity contribution >= 4 is 23.6 Å². The highest BCUT2D eigenvalue weighted by molar-refractivity contribution is 5.87. The highest BCUT2D eigenvalue weighted by Gasteiger charge is 2.30. The molecule has 4 rings (SSSR count). The number of amides is 1. The number of halogens is 1. The van der Waals surface area contributed by atoms with Gasteiger partial charge in [-0.1, -0.05) is 0 Å². The van der Waals surface area contributed by atoms with Crippen molar-refractivity contribution < 1.29 is 9.18 Å². The number of fused-ring (bicyclic) bond motifs is 1. The van der Waals surface area contributed by atoms with Gasteiger partial charge in [0.1, 0.15) is 23.2 Å². The maximum absolute atomic E-state index is 13.4. The van der Waals surface area contributed by atoms with Crippen LogP contribution < -0.4 is 11.1 Å². The second kappa shape index (κ2) is 7.14. The molecule has 0 saturated carbocycles. The van der Waals surface area contributed by atoms with Crippen LogP contribution in [0.5, 0.6) is 0 Å². The number of imidazole rings is 1. The van der Waals surface area contributed by atoms with E-state index in [1.54, 1.807) is 55.7 Å². The largest absolute Gasteiger partial charge is 0.338 e. The number of hydrogen-bond donors (Lipinski definition) is 2. The average molecular weight is 392 g/mol. The molecule has 1 aliphatic heterocycles. The van der Waals surface area contributed by atoms with Crippen molar-refractivity contribution in [2.45, 2.75) is 25.9 Å². The van der Waals surface area contributed by atoms with E-state index in [0.717, 1.165) is 11.3 Å². The number of carbonyl (C=O) groups is 1. The van der Waals surface area contributed by atoms with E-state index in [9.17, 15) is 9.18 Å². The van der Waals surface area contributed by atoms with Gasteiger partial charge in [0, 0.05) is 24.2 Å². The summed E-state index contributed by atoms with van der Waals surface area (Å²) < 4.78 is 15.3. The minimum absolute atomic E-state index is 0.201. The lowest BCUT2D eigenvalue weighted by Gasteiger charge is -2.28. The second-order valence-electron chi connectivity index (χ2n) is 7.42. The number of pyridine rings is 1. The molecule has 3 heterocycles. The Morgan fingerprint density at radius 2 is 1.97 bits per heavy atom. The number of aromatic nitrogens is 3. The molecule has 3 N–H and O–H groups in total. The molecule has 0 atom stereocenters. The normalized spacial score (nSPS) is 13.3. The molecule has 1 amide bonds. The Hall–Kier alpha value is -3.52. The number of carbonyl (C=O) groups excluding carboxylic acids is 1. The summed E-state index contributed by atoms with van der Waals surface area (Å²) in [6, 6.07) is 9.85. The molecule has 29 heavy (non-hydrogen) atoms. The van der Waals surface area contributed by atoms with Crippen LogP contribution in [0.1, 0.15) is 19.7 Å². The molecule has 0 fully saturated rings. The molecular weight excluding hydrogens is 371 g/mol. The molecule has 0 radical (unpaired) electrons. The lowest BCUT2D eigenvalue weighted by atomic mass is 10.1. The van der Waals surface area contributed by atoms with E-state index in [4.69, 9.17) is 10.7 Å². The van der Waals surface area contributed by atoms with Crippen LogP contribution in [0.25, 0.3) is 17.5 Å². The predicted octanol–water partition coefficient (Wildman–Crippen LogP) is 3.34. The summed E-state index contributed by atoms with van der Waals surface area (Å²) in [5.41, 5.74) is 7.16. The first-order valence-corrected chi connectivity index (χ1v) is 9.15. The molecule has 148 valence electrons. The van der Waals surface area contributed by atoms with Gasteiger partial charge in [-0.2, -0.15) is 0 Å². The van der Waals surface area contributed by atoms with E-state index in [-0.39, 0.29) is 18.3 Å². The van der Waals surface area contributed by atoms with Gasteiger partial charge >= 0.3 is 0 Å². The Morgan fingerprint density at radius 1 is 1.21 bits per heavy atom. The molecule has 1 aromatic carbocycles. The van der Waals surface area contributed by atoms with Gasteiger partial charge in [-0.15, -0.1) is 0 Å². The molecule has 8 heteroatoms. The van der Waals surface area contributed by atoms with Crippen LogP contribution in [-0.4, -0.2) is 30.9 Å². The van der Waals surface area contributed by atoms with Crippen LogP contribution in [0.15, 0.2) is 55.0 Å². The summed E-state index contributed by atoms with van der Waals surface area (Å²) >= 11 is 0. The van der Waals surface area contributed by atoms with E-state index in [0.29, 0.717) is 17.3 Å². The summed E-state index contributed by atoms with van der Waals surface area (Å²) in [4.78, 5) is 23.0. The number of nitrogens with one attached hydrogen (secondary N) is 1. The Balaban J connectivity index is 1.77. The fourth-order valence-electron chi connectivity index (χ4n) is 3.11. The Bertz CT molecular complexity index is 1070. The molecule has 0 spiro atoms. The molecule has 7 nitrogen and oxygen atoms in total. The monoisotopic (exact) mass is 392 g/mol. The third-order valence-corrected chi connectivity index (χ3v) is 4.55. The van der Waals surface area contributed by atoms with Gasteiger partial charge in [-0.3, -0.25) is 14.3 Å². The molecule has 3 aromatic rings. The molecule has 0 bridgehead atoms. The van der Waals surface area contributed by atoms with Crippen LogP contribution in [0.4, 0.5) is 15.9 Å². The molecular formula is C21H21FN6O. The summed E-state index contributed by atoms with van der Waals surface area (Å²) in [7, 11) is 0. The first kappa shape index (κ1) is 18.8. The van der Waals surface area contributed by atoms with Crippen LogP contribution in [-0.2, 0) is 11.3 Å². The summed E-state index contributed by atoms with van der Waals surface area (Å²) in [6.45, 7) is 3.62. The van der Waals surface area contributed by atoms with Gasteiger partial charge < -0.3 is 16.0 Å². The summed E-state index contributed by atoms with van der Waals surface area (Å²) in [6.07, 6.45) is 6.85. The summed E-state index contributed by atoms with van der Waals surface area (Å²) in [5, 5.41) is 3.33. The lowest BCUT2D eigenvalue weighted by Crippen LogP contribution is -2.49. The maximum Gasteiger partial charge on any atom is 0.246 e. The van der Waals surface area contributed by atoms with Crippen molar-refractivity contribution in [3.05, 3.63) is 66.6 Å². The van der Waals surface area contributed by atoms with Crippen LogP contribution in [0.3, 0.4) is 0 Å². The average Bonchev–Trinajstić information content (AvgIpc) is 3.05. The zero-order chi connectivity index (χ0) is 20.6. The van der Waals surface area contributed by atoms with Gasteiger partial charge in [0.2, 0.25) is 5.91 Å². The highest BCUT2D eigenvalue weighted by atomic mass is 19.1. The quantitative estimate of drug-likeness (QED) is 0.711. The Morgan fingerprint density at radius 3 is 2.62 bits per heavy atom. The van der Waals surface area contributed by atoms with Crippen molar-refractivity contribution in [2.75, 3.05) is 5.32 Å². The molecule has 1 aliphatic rings. The van der Waals surface area contributed by atoms with E-state index in [1.165, 1.54) is 12.1 Å². The zero-order valence-electron chi connectivity index (χ0n) is 16.1. The molecule has 2 aromatic heterocycles. The standard InChI is InChI=1S/C21H21FN6O/c1-21(2,23)20(29)27-10-11-28-17(13-27)26-18(14-5-7-15(22)8-6-14)19(28)25-16-4-3-9-24-12-16/h3-12,25H,13,23H2,1-2H3. The number of hydrogen-bond acceptors (Lipinski definition) is 5. The minimum atomic E-state index is -0.990. The predicted molar refractivity (Wildman–Crippen MR) is 109 cm³/mol. The van der Waals surface area contributed by atoms with Gasteiger partial charge in [0.25, 0.3) is 0 Å². The topological polar surface area (TPSA) is 89.1 Å². The van der Waals surface area contributed by atoms with Crippen molar-refractivity contribution in [1.82, 2.24) is 19.4 Å². The highest BCUT2D eigenvalue weighted by Crippen LogP contribution is 2.33. The Kier molecular flexibility index (Phi) is 4.63. The van der Waals surface area contributed by atoms with E-state index in [1.807, 2.05) is 16.7 Å². The molecule has 0 saturated heterocycles. The Labute approximate surface area is 167 Å². The first-order chi connectivity index (χ1) is 13.8. The first-order valence-electron chi connectivity index (χ1n) is 9.15. The van der Waals surface area contributed by atoms with Gasteiger partial charge in [-0.05, 0) is 50.2 Å². The van der Waals surface area contributed by atoms with Crippen molar-refractivity contribution in [1.29, 1.82) is 0 Å². The fourth-order valence-corrected chi connectivity index (χ4v) is 3.11. The van der Waals surface area contributed by atoms with Crippen LogP contribution >= 0.6 is 0 Å². The van der Waals surface area contributed by atoms with Crippen molar-refractivity contribution in [3.8, 4) is 11.3 Å². The lowest BCUT2D eigenvalue weighted by molar-refractivity contribution is -0.133. The molecule has 0 aliphatic carbocycles. The van der Waals surface area contributed by atoms with Crippen LogP contribution in [0, 0.1) is 5.82 Å². The zero-order valence-corrected chi connectivity index (χ0v) is 16.1. The van der Waals surface area contributed by atoms with Gasteiger partial charge in [0.15, 0.2) is 0 Å². The van der Waals surface area contributed by atoms with Gasteiger partial charge in [-0.25, -0.2) is 9.37 Å². The van der Waals surface area contributed by atoms with Crippen LogP contribution in [0.2, 0.25) is 0 Å². The van der Waals surface area contributed by atoms with E-state index >= 15 is 0 Å². The van der Waals surface area contributed by atoms with Crippen molar-refractivity contribution in [3.63, 3.8) is 0 Å². The maximum atomic E-state index is 13.4. The van der Waals surface area contributed by atoms with Gasteiger partial charge in [0.05, 0.1) is 24.0 Å². The number of anilines is 2. The number of nitrogens with two attached hydrogens (primary N) is 1. The third kappa shape index (κ3) is 3.74. The second-order valence-corrected chi connectivity index (χ2v) is 7.42. The SMILES string of the molecule is CC(C)(N)C(=O)N1C=Cn2c(nc(-c3ccc(F)cc3)c2Nc2cccnc2)C1. The minimum Gasteiger partial charge on any atom is -0.338 e. The van der Waals surface area contributed by atoms with E-state index < -0.39 is 5.54 Å². The third-order valence-electron chi connectivity index (χ3n) is 4.55. The van der Waals surface area contributed by atoms with E-state index in [2.05, 4.69) is 10.3 Å². The number of rotatable bonds is 4. The molecule has 0 unspecified atom stereocenters. The number of benzene rings is 1. The smallest absolute Gasteiger partial charge is 0.246 e. The number of nitrogens with zero attached hydrogens (tertiary/aromatic N) is 4. The summed E-state index contributed by atoms with van der Waals surface area (Å²) in [5.74, 6) is 0.847. The fraction of sp³-hybridized carbons (Fsp3) is 0.190.